The van der Waals surface area contributed by atoms with Crippen molar-refractivity contribution in [3.63, 3.8) is 0 Å². The van der Waals surface area contributed by atoms with Gasteiger partial charge in [0, 0.05) is 19.4 Å². The van der Waals surface area contributed by atoms with Crippen molar-refractivity contribution in [2.45, 2.75) is 47.1 Å². The predicted molar refractivity (Wildman–Crippen MR) is 89.2 cm³/mol. The van der Waals surface area contributed by atoms with Crippen LogP contribution < -0.4 is 5.73 Å². The lowest BCUT2D eigenvalue weighted by molar-refractivity contribution is 0.584. The first kappa shape index (κ1) is 15.0. The van der Waals surface area contributed by atoms with Crippen molar-refractivity contribution in [2.75, 3.05) is 0 Å². The van der Waals surface area contributed by atoms with E-state index in [9.17, 15) is 0 Å². The number of nitrogens with two attached hydrogens (primary N) is 1. The normalized spacial score (nSPS) is 11.4. The Morgan fingerprint density at radius 3 is 2.55 bits per heavy atom. The van der Waals surface area contributed by atoms with Gasteiger partial charge in [0.15, 0.2) is 0 Å². The van der Waals surface area contributed by atoms with E-state index in [4.69, 9.17) is 22.9 Å². The molecular formula is C16H23N3S. The fourth-order valence-corrected chi connectivity index (χ4v) is 2.51. The predicted octanol–water partition coefficient (Wildman–Crippen LogP) is 3.53. The topological polar surface area (TPSA) is 43.8 Å². The van der Waals surface area contributed by atoms with Crippen LogP contribution in [0.5, 0.6) is 0 Å². The van der Waals surface area contributed by atoms with Crippen molar-refractivity contribution in [1.82, 2.24) is 9.55 Å². The number of imidazole rings is 1. The van der Waals surface area contributed by atoms with Gasteiger partial charge in [-0.05, 0) is 43.0 Å². The highest BCUT2D eigenvalue weighted by Crippen LogP contribution is 2.22. The van der Waals surface area contributed by atoms with Crippen molar-refractivity contribution >= 4 is 28.2 Å². The molecule has 0 aliphatic rings. The Balaban J connectivity index is 2.52. The van der Waals surface area contributed by atoms with Gasteiger partial charge in [-0.2, -0.15) is 0 Å². The molecule has 2 N–H and O–H groups in total. The Morgan fingerprint density at radius 2 is 1.95 bits per heavy atom. The molecule has 0 saturated heterocycles. The molecule has 0 fully saturated rings. The lowest BCUT2D eigenvalue weighted by atomic mass is 10.1. The van der Waals surface area contributed by atoms with E-state index in [0.717, 1.165) is 30.7 Å². The van der Waals surface area contributed by atoms with Gasteiger partial charge >= 0.3 is 0 Å². The zero-order valence-corrected chi connectivity index (χ0v) is 13.5. The highest BCUT2D eigenvalue weighted by molar-refractivity contribution is 7.80. The average molecular weight is 289 g/mol. The van der Waals surface area contributed by atoms with Crippen LogP contribution in [-0.4, -0.2) is 14.5 Å². The van der Waals surface area contributed by atoms with E-state index in [1.807, 2.05) is 0 Å². The molecule has 2 aromatic rings. The zero-order chi connectivity index (χ0) is 14.9. The summed E-state index contributed by atoms with van der Waals surface area (Å²) in [5.41, 5.74) is 10.5. The van der Waals surface area contributed by atoms with Crippen molar-refractivity contribution in [2.24, 2.45) is 11.7 Å². The first-order chi connectivity index (χ1) is 9.38. The van der Waals surface area contributed by atoms with Gasteiger partial charge in [-0.25, -0.2) is 4.98 Å². The van der Waals surface area contributed by atoms with E-state index in [2.05, 4.69) is 44.4 Å². The van der Waals surface area contributed by atoms with Gasteiger partial charge < -0.3 is 10.3 Å². The monoisotopic (exact) mass is 289 g/mol. The number of aromatic nitrogens is 2. The largest absolute Gasteiger partial charge is 0.393 e. The molecule has 0 aliphatic heterocycles. The van der Waals surface area contributed by atoms with E-state index >= 15 is 0 Å². The number of fused-ring (bicyclic) bond motifs is 1. The molecule has 1 aromatic carbocycles. The van der Waals surface area contributed by atoms with E-state index in [1.54, 1.807) is 0 Å². The van der Waals surface area contributed by atoms with Gasteiger partial charge in [-0.3, -0.25) is 0 Å². The molecule has 0 unspecified atom stereocenters. The Labute approximate surface area is 126 Å². The van der Waals surface area contributed by atoms with Crippen molar-refractivity contribution < 1.29 is 0 Å². The molecule has 0 saturated carbocycles. The zero-order valence-electron chi connectivity index (χ0n) is 12.7. The molecule has 20 heavy (non-hydrogen) atoms. The number of benzene rings is 1. The average Bonchev–Trinajstić information content (AvgIpc) is 2.63. The van der Waals surface area contributed by atoms with Crippen LogP contribution in [0.3, 0.4) is 0 Å². The lowest BCUT2D eigenvalue weighted by Crippen LogP contribution is -2.14. The van der Waals surface area contributed by atoms with Crippen molar-refractivity contribution in [3.05, 3.63) is 29.1 Å². The molecule has 108 valence electrons. The Morgan fingerprint density at radius 1 is 1.30 bits per heavy atom. The number of nitrogens with zero attached hydrogens (tertiary/aromatic N) is 2. The number of aryl methyl sites for hydroxylation is 3. The standard InChI is InChI=1S/C16H23N3S/c1-10(2)7-16-18-13-8-11(3)12(4)9-14(13)19(16)6-5-15(17)20/h8-10H,5-7H2,1-4H3,(H2,17,20). The minimum absolute atomic E-state index is 0.561. The summed E-state index contributed by atoms with van der Waals surface area (Å²) in [4.78, 5) is 5.37. The fraction of sp³-hybridized carbons (Fsp3) is 0.500. The summed E-state index contributed by atoms with van der Waals surface area (Å²) in [7, 11) is 0. The molecule has 0 amide bonds. The van der Waals surface area contributed by atoms with Crippen LogP contribution in [0, 0.1) is 19.8 Å². The molecule has 3 nitrogen and oxygen atoms in total. The van der Waals surface area contributed by atoms with E-state index in [-0.39, 0.29) is 0 Å². The number of thiocarbonyl (C=S) groups is 1. The maximum atomic E-state index is 5.66. The summed E-state index contributed by atoms with van der Waals surface area (Å²) < 4.78 is 2.28. The SMILES string of the molecule is Cc1cc2nc(CC(C)C)n(CCC(N)=S)c2cc1C. The minimum Gasteiger partial charge on any atom is -0.393 e. The molecule has 1 aromatic heterocycles. The lowest BCUT2D eigenvalue weighted by Gasteiger charge is -2.10. The molecular weight excluding hydrogens is 266 g/mol. The van der Waals surface area contributed by atoms with Gasteiger partial charge in [0.05, 0.1) is 16.0 Å². The highest BCUT2D eigenvalue weighted by atomic mass is 32.1. The first-order valence-electron chi connectivity index (χ1n) is 7.13. The summed E-state index contributed by atoms with van der Waals surface area (Å²) in [6.45, 7) is 9.52. The van der Waals surface area contributed by atoms with Crippen molar-refractivity contribution in [3.8, 4) is 0 Å². The summed E-state index contributed by atoms with van der Waals surface area (Å²) in [5.74, 6) is 1.72. The molecule has 1 heterocycles. The molecule has 0 bridgehead atoms. The Bertz CT molecular complexity index is 641. The number of hydrogen-bond donors (Lipinski definition) is 1. The van der Waals surface area contributed by atoms with Crippen LogP contribution in [0.2, 0.25) is 0 Å². The van der Waals surface area contributed by atoms with Gasteiger partial charge in [0.25, 0.3) is 0 Å². The fourth-order valence-electron chi connectivity index (χ4n) is 2.42. The molecule has 0 atom stereocenters. The molecule has 0 radical (unpaired) electrons. The van der Waals surface area contributed by atoms with Gasteiger partial charge in [0.2, 0.25) is 0 Å². The van der Waals surface area contributed by atoms with Crippen LogP contribution in [0.1, 0.15) is 37.2 Å². The van der Waals surface area contributed by atoms with E-state index in [1.165, 1.54) is 16.6 Å². The van der Waals surface area contributed by atoms with Crippen LogP contribution in [0.15, 0.2) is 12.1 Å². The van der Waals surface area contributed by atoms with E-state index < -0.39 is 0 Å². The Hall–Kier alpha value is -1.42. The minimum atomic E-state index is 0.561. The maximum absolute atomic E-state index is 5.66. The van der Waals surface area contributed by atoms with Crippen LogP contribution >= 0.6 is 12.2 Å². The molecule has 2 rings (SSSR count). The Kier molecular flexibility index (Phi) is 4.43. The van der Waals surface area contributed by atoms with Crippen molar-refractivity contribution in [1.29, 1.82) is 0 Å². The summed E-state index contributed by atoms with van der Waals surface area (Å²) in [5, 5.41) is 0. The number of rotatable bonds is 5. The summed E-state index contributed by atoms with van der Waals surface area (Å²) in [6.07, 6.45) is 1.70. The van der Waals surface area contributed by atoms with Gasteiger partial charge in [0.1, 0.15) is 5.82 Å². The molecule has 4 heteroatoms. The first-order valence-corrected chi connectivity index (χ1v) is 7.54. The van der Waals surface area contributed by atoms with Crippen LogP contribution in [0.25, 0.3) is 11.0 Å². The highest BCUT2D eigenvalue weighted by Gasteiger charge is 2.13. The quantitative estimate of drug-likeness (QED) is 0.856. The molecule has 0 spiro atoms. The van der Waals surface area contributed by atoms with Gasteiger partial charge in [-0.1, -0.05) is 26.1 Å². The second-order valence-electron chi connectivity index (χ2n) is 5.92. The van der Waals surface area contributed by atoms with Gasteiger partial charge in [-0.15, -0.1) is 0 Å². The maximum Gasteiger partial charge on any atom is 0.110 e. The third-order valence-corrected chi connectivity index (χ3v) is 3.82. The smallest absolute Gasteiger partial charge is 0.110 e. The van der Waals surface area contributed by atoms with Crippen LogP contribution in [0.4, 0.5) is 0 Å². The summed E-state index contributed by atoms with van der Waals surface area (Å²) >= 11 is 5.01. The second-order valence-corrected chi connectivity index (χ2v) is 6.44. The molecule has 0 aliphatic carbocycles. The third-order valence-electron chi connectivity index (χ3n) is 3.62. The summed E-state index contributed by atoms with van der Waals surface area (Å²) in [6, 6.07) is 4.40. The van der Waals surface area contributed by atoms with Crippen LogP contribution in [-0.2, 0) is 13.0 Å². The number of hydrogen-bond acceptors (Lipinski definition) is 2. The second kappa shape index (κ2) is 5.92. The van der Waals surface area contributed by atoms with E-state index in [0.29, 0.717) is 10.9 Å². The third kappa shape index (κ3) is 3.18.